The molecule has 2 nitrogen and oxygen atoms in total. The van der Waals surface area contributed by atoms with Crippen molar-refractivity contribution in [2.75, 3.05) is 0 Å². The lowest BCUT2D eigenvalue weighted by molar-refractivity contribution is -0.660. The summed E-state index contributed by atoms with van der Waals surface area (Å²) in [5, 5.41) is 2.90. The van der Waals surface area contributed by atoms with Crippen molar-refractivity contribution in [1.82, 2.24) is 0 Å². The van der Waals surface area contributed by atoms with E-state index in [2.05, 4.69) is 111 Å². The summed E-state index contributed by atoms with van der Waals surface area (Å²) in [6.45, 7) is 19.6. The first-order valence-electron chi connectivity index (χ1n) is 12.0. The molecule has 0 bridgehead atoms. The van der Waals surface area contributed by atoms with E-state index in [-0.39, 0.29) is 0 Å². The summed E-state index contributed by atoms with van der Waals surface area (Å²) in [6.07, 6.45) is 2.20. The second-order valence-corrected chi connectivity index (χ2v) is 14.5. The van der Waals surface area contributed by atoms with E-state index < -0.39 is 8.07 Å². The molecule has 34 heavy (non-hydrogen) atoms. The highest BCUT2D eigenvalue weighted by Crippen LogP contribution is 2.41. The molecule has 0 saturated heterocycles. The van der Waals surface area contributed by atoms with E-state index in [0.717, 1.165) is 16.8 Å². The molecule has 5 rings (SSSR count). The Kier molecular flexibility index (Phi) is 5.30. The van der Waals surface area contributed by atoms with Gasteiger partial charge in [-0.05, 0) is 56.6 Å². The van der Waals surface area contributed by atoms with Gasteiger partial charge in [-0.3, -0.25) is 0 Å². The van der Waals surface area contributed by atoms with Crippen LogP contribution in [0, 0.1) is 13.5 Å². The molecule has 3 aromatic carbocycles. The fourth-order valence-corrected chi connectivity index (χ4v) is 9.56. The molecule has 2 heterocycles. The molecule has 0 radical (unpaired) electrons. The lowest BCUT2D eigenvalue weighted by atomic mass is 9.93. The van der Waals surface area contributed by atoms with Gasteiger partial charge in [0.25, 0.3) is 0 Å². The van der Waals surface area contributed by atoms with Crippen molar-refractivity contribution in [1.29, 1.82) is 0 Å². The van der Waals surface area contributed by atoms with Gasteiger partial charge in [0.2, 0.25) is 5.69 Å². The van der Waals surface area contributed by atoms with E-state index in [9.17, 15) is 0 Å². The fraction of sp³-hybridized carbons (Fsp3) is 0.226. The van der Waals surface area contributed by atoms with Gasteiger partial charge in [-0.15, -0.1) is 0 Å². The van der Waals surface area contributed by atoms with Gasteiger partial charge >= 0.3 is 0 Å². The molecule has 0 saturated carbocycles. The maximum atomic E-state index is 7.93. The minimum Gasteiger partial charge on any atom is -0.238 e. The van der Waals surface area contributed by atoms with Crippen LogP contribution in [0.5, 0.6) is 0 Å². The summed E-state index contributed by atoms with van der Waals surface area (Å²) in [7, 11) is 0.0148. The van der Waals surface area contributed by atoms with Crippen LogP contribution in [0.3, 0.4) is 0 Å². The number of benzene rings is 3. The monoisotopic (exact) mass is 459 g/mol. The number of fused-ring (bicyclic) bond motifs is 3. The Balaban J connectivity index is 1.86. The van der Waals surface area contributed by atoms with Crippen LogP contribution in [0.2, 0.25) is 13.1 Å². The molecule has 0 atom stereocenters. The lowest BCUT2D eigenvalue weighted by Gasteiger charge is -2.25. The normalized spacial score (nSPS) is 13.5. The summed E-state index contributed by atoms with van der Waals surface area (Å²) >= 11 is 0. The summed E-state index contributed by atoms with van der Waals surface area (Å²) in [4.78, 5) is 3.96. The number of aromatic nitrogens is 1. The van der Waals surface area contributed by atoms with Crippen LogP contribution in [-0.4, -0.2) is 8.07 Å². The Morgan fingerprint density at radius 3 is 2.15 bits per heavy atom. The average Bonchev–Trinajstić information content (AvgIpc) is 3.06. The Hall–Kier alpha value is -3.48. The van der Waals surface area contributed by atoms with E-state index in [4.69, 9.17) is 6.57 Å². The van der Waals surface area contributed by atoms with Crippen LogP contribution in [0.1, 0.15) is 30.9 Å². The van der Waals surface area contributed by atoms with Crippen molar-refractivity contribution < 1.29 is 4.57 Å². The molecule has 1 aliphatic heterocycles. The first-order valence-corrected chi connectivity index (χ1v) is 15.0. The van der Waals surface area contributed by atoms with Gasteiger partial charge in [-0.2, -0.15) is 0 Å². The summed E-state index contributed by atoms with van der Waals surface area (Å²) in [5.74, 6) is 0.477. The summed E-state index contributed by atoms with van der Waals surface area (Å²) in [6, 6.07) is 23.9. The highest BCUT2D eigenvalue weighted by Gasteiger charge is 2.43. The van der Waals surface area contributed by atoms with Crippen LogP contribution in [-0.2, 0) is 7.05 Å². The van der Waals surface area contributed by atoms with Crippen LogP contribution < -0.4 is 14.9 Å². The van der Waals surface area contributed by atoms with Crippen molar-refractivity contribution >= 4 is 24.1 Å². The molecule has 0 aliphatic carbocycles. The molecule has 0 amide bonds. The van der Waals surface area contributed by atoms with Gasteiger partial charge in [0.15, 0.2) is 11.9 Å². The van der Waals surface area contributed by atoms with Gasteiger partial charge < -0.3 is 0 Å². The van der Waals surface area contributed by atoms with E-state index in [0.29, 0.717) is 5.92 Å². The zero-order chi connectivity index (χ0) is 24.2. The minimum atomic E-state index is -2.14. The topological polar surface area (TPSA) is 8.24 Å². The van der Waals surface area contributed by atoms with E-state index in [1.165, 1.54) is 43.9 Å². The number of pyridine rings is 1. The second kappa shape index (κ2) is 8.08. The number of hydrogen-bond acceptors (Lipinski definition) is 0. The van der Waals surface area contributed by atoms with Crippen molar-refractivity contribution in [2.24, 2.45) is 7.05 Å². The smallest absolute Gasteiger partial charge is 0.212 e. The Bertz CT molecular complexity index is 1470. The van der Waals surface area contributed by atoms with Crippen molar-refractivity contribution in [3.8, 4) is 33.5 Å². The predicted octanol–water partition coefficient (Wildman–Crippen LogP) is 6.63. The Morgan fingerprint density at radius 1 is 0.853 bits per heavy atom. The predicted molar refractivity (Wildman–Crippen MR) is 146 cm³/mol. The first kappa shape index (κ1) is 22.3. The average molecular weight is 460 g/mol. The fourth-order valence-electron chi connectivity index (χ4n) is 5.68. The van der Waals surface area contributed by atoms with E-state index in [1.54, 1.807) is 0 Å². The molecule has 1 aliphatic rings. The van der Waals surface area contributed by atoms with Crippen molar-refractivity contribution in [2.45, 2.75) is 39.8 Å². The van der Waals surface area contributed by atoms with Gasteiger partial charge in [0.05, 0.1) is 6.57 Å². The number of aryl methyl sites for hydroxylation is 2. The lowest BCUT2D eigenvalue weighted by Crippen LogP contribution is -2.51. The second-order valence-electron chi connectivity index (χ2n) is 10.3. The Labute approximate surface area is 204 Å². The minimum absolute atomic E-state index is 0.477. The molecule has 0 spiro atoms. The summed E-state index contributed by atoms with van der Waals surface area (Å²) in [5.41, 5.74) is 11.0. The number of nitrogens with zero attached hydrogens (tertiary/aromatic N) is 2. The van der Waals surface area contributed by atoms with E-state index in [1.807, 2.05) is 12.1 Å². The maximum Gasteiger partial charge on any atom is 0.212 e. The molecule has 4 aromatic rings. The van der Waals surface area contributed by atoms with E-state index >= 15 is 0 Å². The number of hydrogen-bond donors (Lipinski definition) is 0. The standard InChI is InChI=1S/C31H31N2Si/c1-20(2)23-17-18-33(5)27(19-23)28-21(3)13-14-24-25-15-16-26(32-4)29(22-11-9-8-10-12-22)31(25)34(6,7)30(24)28/h8-20H,1-3,5-7H3/q+1. The van der Waals surface area contributed by atoms with Gasteiger partial charge in [0.1, 0.15) is 15.1 Å². The van der Waals surface area contributed by atoms with Gasteiger partial charge in [-0.25, -0.2) is 9.41 Å². The molecule has 1 aromatic heterocycles. The third kappa shape index (κ3) is 3.25. The maximum absolute atomic E-state index is 7.93. The quantitative estimate of drug-likeness (QED) is 0.185. The molecule has 168 valence electrons. The van der Waals surface area contributed by atoms with Crippen molar-refractivity contribution in [3.63, 3.8) is 0 Å². The van der Waals surface area contributed by atoms with Crippen LogP contribution in [0.4, 0.5) is 5.69 Å². The van der Waals surface area contributed by atoms with Gasteiger partial charge in [0, 0.05) is 17.7 Å². The first-order chi connectivity index (χ1) is 16.3. The van der Waals surface area contributed by atoms with Crippen LogP contribution in [0.25, 0.3) is 38.4 Å². The molecular formula is C31H31N2Si+. The molecular weight excluding hydrogens is 428 g/mol. The zero-order valence-electron chi connectivity index (χ0n) is 20.9. The third-order valence-electron chi connectivity index (χ3n) is 7.42. The molecule has 0 fully saturated rings. The number of rotatable bonds is 3. The third-order valence-corrected chi connectivity index (χ3v) is 11.0. The SMILES string of the molecule is [C-]#[N+]c1ccc2c(c1-c1ccccc1)[Si](C)(C)c1c-2ccc(C)c1-c1cc(C(C)C)cc[n+]1C. The van der Waals surface area contributed by atoms with Gasteiger partial charge in [-0.1, -0.05) is 81.5 Å². The molecule has 0 unspecified atom stereocenters. The Morgan fingerprint density at radius 2 is 1.50 bits per heavy atom. The highest BCUT2D eigenvalue weighted by molar-refractivity contribution is 7.05. The highest BCUT2D eigenvalue weighted by atomic mass is 28.3. The molecule has 0 N–H and O–H groups in total. The zero-order valence-corrected chi connectivity index (χ0v) is 21.9. The van der Waals surface area contributed by atoms with Crippen LogP contribution >= 0.6 is 0 Å². The summed E-state index contributed by atoms with van der Waals surface area (Å²) < 4.78 is 2.27. The van der Waals surface area contributed by atoms with Crippen molar-refractivity contribution in [3.05, 3.63) is 95.5 Å². The largest absolute Gasteiger partial charge is 0.238 e. The molecule has 3 heteroatoms. The van der Waals surface area contributed by atoms with Crippen LogP contribution in [0.15, 0.2) is 72.9 Å².